The number of nitrogens with zero attached hydrogens (tertiary/aromatic N) is 2. The fraction of sp³-hybridized carbons (Fsp3) is 0.500. The molecule has 1 aromatic carbocycles. The van der Waals surface area contributed by atoms with E-state index in [1.54, 1.807) is 14.2 Å². The number of guanidine groups is 1. The summed E-state index contributed by atoms with van der Waals surface area (Å²) in [4.78, 5) is 8.58. The lowest BCUT2D eigenvalue weighted by Crippen LogP contribution is -2.37. The van der Waals surface area contributed by atoms with Crippen molar-refractivity contribution in [1.29, 1.82) is 0 Å². The van der Waals surface area contributed by atoms with Crippen molar-refractivity contribution in [3.8, 4) is 11.5 Å². The van der Waals surface area contributed by atoms with Gasteiger partial charge in [0, 0.05) is 13.6 Å². The Kier molecular flexibility index (Phi) is 10.7. The number of methoxy groups -OCH3 is 1. The Morgan fingerprint density at radius 1 is 1.21 bits per heavy atom. The van der Waals surface area contributed by atoms with Crippen LogP contribution in [-0.4, -0.2) is 38.3 Å². The number of rotatable bonds is 9. The van der Waals surface area contributed by atoms with E-state index in [1.807, 2.05) is 32.9 Å². The number of halogens is 1. The topological polar surface area (TPSA) is 80.9 Å². The molecule has 1 aromatic heterocycles. The first kappa shape index (κ1) is 24.1. The van der Waals surface area contributed by atoms with Crippen molar-refractivity contribution in [2.45, 2.75) is 40.2 Å². The molecule has 0 aliphatic carbocycles. The second kappa shape index (κ2) is 12.5. The SMILES string of the molecule is CCOc1cc(CCCNC(=NC)NCc2nc(C)c(C)o2)ccc1OC.I. The van der Waals surface area contributed by atoms with Crippen LogP contribution in [0.4, 0.5) is 0 Å². The Morgan fingerprint density at radius 2 is 2.00 bits per heavy atom. The van der Waals surface area contributed by atoms with Gasteiger partial charge >= 0.3 is 0 Å². The summed E-state index contributed by atoms with van der Waals surface area (Å²) in [7, 11) is 3.40. The minimum Gasteiger partial charge on any atom is -0.493 e. The molecule has 8 heteroatoms. The van der Waals surface area contributed by atoms with Gasteiger partial charge in [-0.15, -0.1) is 24.0 Å². The van der Waals surface area contributed by atoms with E-state index in [4.69, 9.17) is 13.9 Å². The van der Waals surface area contributed by atoms with Gasteiger partial charge in [-0.2, -0.15) is 0 Å². The Balaban J connectivity index is 0.00000392. The molecular formula is C20H31IN4O3. The highest BCUT2D eigenvalue weighted by Crippen LogP contribution is 2.28. The number of aliphatic imine (C=N–C) groups is 1. The van der Waals surface area contributed by atoms with Crippen LogP contribution in [0.1, 0.15) is 36.3 Å². The molecule has 0 spiro atoms. The molecule has 0 saturated carbocycles. The van der Waals surface area contributed by atoms with Crippen LogP contribution in [0.2, 0.25) is 0 Å². The van der Waals surface area contributed by atoms with Crippen LogP contribution in [0.3, 0.4) is 0 Å². The van der Waals surface area contributed by atoms with Gasteiger partial charge < -0.3 is 24.5 Å². The predicted octanol–water partition coefficient (Wildman–Crippen LogP) is 3.61. The van der Waals surface area contributed by atoms with E-state index < -0.39 is 0 Å². The number of ether oxygens (including phenoxy) is 2. The van der Waals surface area contributed by atoms with Crippen LogP contribution >= 0.6 is 24.0 Å². The molecule has 0 fully saturated rings. The maximum atomic E-state index is 5.63. The summed E-state index contributed by atoms with van der Waals surface area (Å²) < 4.78 is 16.5. The zero-order chi connectivity index (χ0) is 19.6. The van der Waals surface area contributed by atoms with Gasteiger partial charge in [0.2, 0.25) is 5.89 Å². The molecule has 0 radical (unpaired) electrons. The van der Waals surface area contributed by atoms with Gasteiger partial charge in [-0.3, -0.25) is 4.99 Å². The van der Waals surface area contributed by atoms with E-state index in [0.29, 0.717) is 19.0 Å². The number of nitrogens with one attached hydrogen (secondary N) is 2. The molecule has 2 rings (SSSR count). The Labute approximate surface area is 184 Å². The lowest BCUT2D eigenvalue weighted by Gasteiger charge is -2.12. The molecule has 0 saturated heterocycles. The summed E-state index contributed by atoms with van der Waals surface area (Å²) in [5.74, 6) is 3.79. The monoisotopic (exact) mass is 502 g/mol. The fourth-order valence-electron chi connectivity index (χ4n) is 2.64. The van der Waals surface area contributed by atoms with Crippen LogP contribution in [0.5, 0.6) is 11.5 Å². The highest BCUT2D eigenvalue weighted by molar-refractivity contribution is 14.0. The van der Waals surface area contributed by atoms with E-state index in [-0.39, 0.29) is 24.0 Å². The van der Waals surface area contributed by atoms with Gasteiger partial charge in [-0.1, -0.05) is 6.07 Å². The quantitative estimate of drug-likeness (QED) is 0.236. The van der Waals surface area contributed by atoms with E-state index in [2.05, 4.69) is 26.7 Å². The van der Waals surface area contributed by atoms with Crippen LogP contribution in [0.15, 0.2) is 27.6 Å². The zero-order valence-corrected chi connectivity index (χ0v) is 19.6. The molecule has 1 heterocycles. The zero-order valence-electron chi connectivity index (χ0n) is 17.3. The Bertz CT molecular complexity index is 742. The number of hydrogen-bond donors (Lipinski definition) is 2. The van der Waals surface area contributed by atoms with Gasteiger partial charge in [0.25, 0.3) is 0 Å². The van der Waals surface area contributed by atoms with E-state index >= 15 is 0 Å². The molecule has 0 unspecified atom stereocenters. The number of aromatic nitrogens is 1. The van der Waals surface area contributed by atoms with E-state index in [9.17, 15) is 0 Å². The molecule has 2 aromatic rings. The molecule has 0 bridgehead atoms. The van der Waals surface area contributed by atoms with Crippen LogP contribution < -0.4 is 20.1 Å². The summed E-state index contributed by atoms with van der Waals surface area (Å²) in [5.41, 5.74) is 2.13. The summed E-state index contributed by atoms with van der Waals surface area (Å²) in [6.07, 6.45) is 1.90. The number of oxazole rings is 1. The first-order valence-corrected chi connectivity index (χ1v) is 9.24. The first-order valence-electron chi connectivity index (χ1n) is 9.24. The van der Waals surface area contributed by atoms with Crippen molar-refractivity contribution >= 4 is 29.9 Å². The van der Waals surface area contributed by atoms with Crippen molar-refractivity contribution in [3.63, 3.8) is 0 Å². The van der Waals surface area contributed by atoms with Crippen molar-refractivity contribution in [2.24, 2.45) is 4.99 Å². The van der Waals surface area contributed by atoms with E-state index in [0.717, 1.165) is 48.3 Å². The lowest BCUT2D eigenvalue weighted by atomic mass is 10.1. The van der Waals surface area contributed by atoms with Gasteiger partial charge in [-0.25, -0.2) is 4.98 Å². The molecule has 0 aliphatic rings. The Hall–Kier alpha value is -1.97. The number of benzene rings is 1. The van der Waals surface area contributed by atoms with Gasteiger partial charge in [0.05, 0.1) is 26.0 Å². The van der Waals surface area contributed by atoms with Crippen molar-refractivity contribution in [2.75, 3.05) is 27.3 Å². The smallest absolute Gasteiger partial charge is 0.214 e. The molecule has 0 atom stereocenters. The second-order valence-corrected chi connectivity index (χ2v) is 6.12. The normalized spacial score (nSPS) is 11.0. The minimum atomic E-state index is 0. The summed E-state index contributed by atoms with van der Waals surface area (Å²) >= 11 is 0. The molecule has 156 valence electrons. The average Bonchev–Trinajstić information content (AvgIpc) is 2.99. The standard InChI is InChI=1S/C20H30N4O3.HI/c1-6-26-18-12-16(9-10-17(18)25-5)8-7-11-22-20(21-4)23-13-19-24-14(2)15(3)27-19;/h9-10,12H,6-8,11,13H2,1-5H3,(H2,21,22,23);1H. The second-order valence-electron chi connectivity index (χ2n) is 6.12. The lowest BCUT2D eigenvalue weighted by molar-refractivity contribution is 0.310. The van der Waals surface area contributed by atoms with Crippen molar-refractivity contribution < 1.29 is 13.9 Å². The summed E-state index contributed by atoms with van der Waals surface area (Å²) in [6.45, 7) is 7.74. The summed E-state index contributed by atoms with van der Waals surface area (Å²) in [6, 6.07) is 6.07. The van der Waals surface area contributed by atoms with Gasteiger partial charge in [0.1, 0.15) is 5.76 Å². The first-order chi connectivity index (χ1) is 13.1. The van der Waals surface area contributed by atoms with Crippen LogP contribution in [-0.2, 0) is 13.0 Å². The molecule has 0 amide bonds. The molecule has 2 N–H and O–H groups in total. The molecule has 7 nitrogen and oxygen atoms in total. The molecular weight excluding hydrogens is 471 g/mol. The van der Waals surface area contributed by atoms with Gasteiger partial charge in [0.15, 0.2) is 17.5 Å². The van der Waals surface area contributed by atoms with Crippen molar-refractivity contribution in [1.82, 2.24) is 15.6 Å². The maximum Gasteiger partial charge on any atom is 0.214 e. The van der Waals surface area contributed by atoms with Crippen LogP contribution in [0, 0.1) is 13.8 Å². The molecule has 28 heavy (non-hydrogen) atoms. The predicted molar refractivity (Wildman–Crippen MR) is 122 cm³/mol. The largest absolute Gasteiger partial charge is 0.493 e. The van der Waals surface area contributed by atoms with Gasteiger partial charge in [-0.05, 0) is 51.3 Å². The summed E-state index contributed by atoms with van der Waals surface area (Å²) in [5, 5.41) is 6.52. The number of aryl methyl sites for hydroxylation is 3. The Morgan fingerprint density at radius 3 is 2.61 bits per heavy atom. The number of hydrogen-bond acceptors (Lipinski definition) is 5. The highest BCUT2D eigenvalue weighted by Gasteiger charge is 2.07. The average molecular weight is 502 g/mol. The highest BCUT2D eigenvalue weighted by atomic mass is 127. The fourth-order valence-corrected chi connectivity index (χ4v) is 2.64. The minimum absolute atomic E-state index is 0. The molecule has 0 aliphatic heterocycles. The third-order valence-electron chi connectivity index (χ3n) is 4.17. The van der Waals surface area contributed by atoms with E-state index in [1.165, 1.54) is 5.56 Å². The maximum absolute atomic E-state index is 5.63. The van der Waals surface area contributed by atoms with Crippen LogP contribution in [0.25, 0.3) is 0 Å². The third kappa shape index (κ3) is 7.21. The third-order valence-corrected chi connectivity index (χ3v) is 4.17. The van der Waals surface area contributed by atoms with Crippen molar-refractivity contribution in [3.05, 3.63) is 41.1 Å².